The van der Waals surface area contributed by atoms with Gasteiger partial charge in [0.05, 0.1) is 11.0 Å². The molecule has 0 bridgehead atoms. The van der Waals surface area contributed by atoms with Crippen molar-refractivity contribution in [1.29, 1.82) is 0 Å². The number of hydrogen-bond donors (Lipinski definition) is 2. The average molecular weight is 347 g/mol. The number of rotatable bonds is 9. The number of aromatic nitrogens is 2. The molecule has 0 aliphatic rings. The van der Waals surface area contributed by atoms with Gasteiger partial charge in [-0.15, -0.1) is 0 Å². The number of carbonyl (C=O) groups is 2. The first-order valence-electron chi connectivity index (χ1n) is 8.63. The van der Waals surface area contributed by atoms with Crippen molar-refractivity contribution in [3.05, 3.63) is 34.7 Å². The second-order valence-electron chi connectivity index (χ2n) is 6.23. The lowest BCUT2D eigenvalue weighted by Crippen LogP contribution is -2.34. The van der Waals surface area contributed by atoms with Gasteiger partial charge in [0.2, 0.25) is 5.91 Å². The molecule has 0 aliphatic heterocycles. The summed E-state index contributed by atoms with van der Waals surface area (Å²) in [6.07, 6.45) is 1.44. The number of imidazole rings is 1. The van der Waals surface area contributed by atoms with Crippen molar-refractivity contribution in [2.45, 2.75) is 58.7 Å². The summed E-state index contributed by atoms with van der Waals surface area (Å²) in [5.41, 5.74) is 1.60. The molecule has 2 rings (SSSR count). The molecule has 7 heteroatoms. The van der Waals surface area contributed by atoms with Crippen LogP contribution in [0.15, 0.2) is 29.1 Å². The predicted molar refractivity (Wildman–Crippen MR) is 95.6 cm³/mol. The van der Waals surface area contributed by atoms with Gasteiger partial charge in [-0.1, -0.05) is 19.1 Å². The fourth-order valence-electron chi connectivity index (χ4n) is 2.90. The zero-order valence-corrected chi connectivity index (χ0v) is 14.7. The number of aryl methyl sites for hydroxylation is 2. The van der Waals surface area contributed by atoms with E-state index in [9.17, 15) is 14.4 Å². The molecule has 1 aromatic carbocycles. The molecule has 2 aromatic rings. The summed E-state index contributed by atoms with van der Waals surface area (Å²) >= 11 is 0. The van der Waals surface area contributed by atoms with Crippen LogP contribution in [0.3, 0.4) is 0 Å². The SMILES string of the molecule is CCCn1c(=O)n(CCC(=O)NC(C)CCC(=O)O)c2ccccc21. The molecule has 136 valence electrons. The summed E-state index contributed by atoms with van der Waals surface area (Å²) in [5.74, 6) is -1.06. The minimum absolute atomic E-state index is 0.0193. The van der Waals surface area contributed by atoms with Gasteiger partial charge in [-0.3, -0.25) is 18.7 Å². The molecular weight excluding hydrogens is 322 g/mol. The molecule has 2 N–H and O–H groups in total. The van der Waals surface area contributed by atoms with Crippen molar-refractivity contribution >= 4 is 22.9 Å². The van der Waals surface area contributed by atoms with Crippen LogP contribution in [0.1, 0.15) is 39.5 Å². The number of carboxylic acid groups (broad SMARTS) is 1. The Hall–Kier alpha value is -2.57. The van der Waals surface area contributed by atoms with E-state index in [1.165, 1.54) is 0 Å². The summed E-state index contributed by atoms with van der Waals surface area (Å²) in [7, 11) is 0. The molecule has 0 radical (unpaired) electrons. The Bertz CT molecular complexity index is 806. The van der Waals surface area contributed by atoms with E-state index in [4.69, 9.17) is 5.11 Å². The van der Waals surface area contributed by atoms with Gasteiger partial charge in [-0.05, 0) is 31.9 Å². The molecule has 0 aliphatic carbocycles. The topological polar surface area (TPSA) is 93.3 Å². The molecule has 1 unspecified atom stereocenters. The molecule has 7 nitrogen and oxygen atoms in total. The third kappa shape index (κ3) is 4.71. The van der Waals surface area contributed by atoms with Crippen LogP contribution in [0.5, 0.6) is 0 Å². The van der Waals surface area contributed by atoms with Crippen LogP contribution in [0.25, 0.3) is 11.0 Å². The van der Waals surface area contributed by atoms with Gasteiger partial charge >= 0.3 is 11.7 Å². The molecule has 0 saturated carbocycles. The van der Waals surface area contributed by atoms with Crippen molar-refractivity contribution in [3.8, 4) is 0 Å². The van der Waals surface area contributed by atoms with Gasteiger partial charge in [0, 0.05) is 32.0 Å². The second kappa shape index (κ2) is 8.50. The number of nitrogens with one attached hydrogen (secondary N) is 1. The maximum Gasteiger partial charge on any atom is 0.329 e. The number of amides is 1. The van der Waals surface area contributed by atoms with E-state index in [0.29, 0.717) is 19.5 Å². The average Bonchev–Trinajstić information content (AvgIpc) is 2.84. The van der Waals surface area contributed by atoms with E-state index < -0.39 is 5.97 Å². The predicted octanol–water partition coefficient (Wildman–Crippen LogP) is 1.97. The first kappa shape index (κ1) is 18.8. The van der Waals surface area contributed by atoms with Crippen LogP contribution in [0, 0.1) is 0 Å². The Kier molecular flexibility index (Phi) is 6.38. The van der Waals surface area contributed by atoms with E-state index in [-0.39, 0.29) is 30.5 Å². The lowest BCUT2D eigenvalue weighted by Gasteiger charge is -2.12. The molecule has 1 amide bonds. The second-order valence-corrected chi connectivity index (χ2v) is 6.23. The number of para-hydroxylation sites is 2. The van der Waals surface area contributed by atoms with Crippen LogP contribution in [-0.4, -0.2) is 32.2 Å². The fourth-order valence-corrected chi connectivity index (χ4v) is 2.90. The number of fused-ring (bicyclic) bond motifs is 1. The third-order valence-electron chi connectivity index (χ3n) is 4.13. The Morgan fingerprint density at radius 3 is 2.28 bits per heavy atom. The molecule has 0 saturated heterocycles. The largest absolute Gasteiger partial charge is 0.481 e. The zero-order chi connectivity index (χ0) is 18.4. The first-order valence-corrected chi connectivity index (χ1v) is 8.63. The van der Waals surface area contributed by atoms with E-state index in [0.717, 1.165) is 17.5 Å². The van der Waals surface area contributed by atoms with Gasteiger partial charge in [0.1, 0.15) is 0 Å². The van der Waals surface area contributed by atoms with Crippen LogP contribution in [-0.2, 0) is 22.7 Å². The highest BCUT2D eigenvalue weighted by Crippen LogP contribution is 2.13. The Morgan fingerprint density at radius 1 is 1.12 bits per heavy atom. The molecule has 25 heavy (non-hydrogen) atoms. The molecule has 0 fully saturated rings. The van der Waals surface area contributed by atoms with Gasteiger partial charge in [0.15, 0.2) is 0 Å². The smallest absolute Gasteiger partial charge is 0.329 e. The van der Waals surface area contributed by atoms with Gasteiger partial charge in [-0.2, -0.15) is 0 Å². The van der Waals surface area contributed by atoms with Crippen LogP contribution >= 0.6 is 0 Å². The summed E-state index contributed by atoms with van der Waals surface area (Å²) in [6, 6.07) is 7.37. The third-order valence-corrected chi connectivity index (χ3v) is 4.13. The van der Waals surface area contributed by atoms with Crippen molar-refractivity contribution in [3.63, 3.8) is 0 Å². The van der Waals surface area contributed by atoms with Crippen LogP contribution < -0.4 is 11.0 Å². The van der Waals surface area contributed by atoms with Crippen molar-refractivity contribution in [2.24, 2.45) is 0 Å². The first-order chi connectivity index (χ1) is 11.9. The van der Waals surface area contributed by atoms with Crippen molar-refractivity contribution in [1.82, 2.24) is 14.5 Å². The maximum atomic E-state index is 12.6. The zero-order valence-electron chi connectivity index (χ0n) is 14.7. The molecule has 1 atom stereocenters. The number of hydrogen-bond acceptors (Lipinski definition) is 3. The monoisotopic (exact) mass is 347 g/mol. The van der Waals surface area contributed by atoms with Gasteiger partial charge in [-0.25, -0.2) is 4.79 Å². The maximum absolute atomic E-state index is 12.6. The molecular formula is C18H25N3O4. The standard InChI is InChI=1S/C18H25N3O4/c1-3-11-20-14-6-4-5-7-15(14)21(18(20)25)12-10-16(22)19-13(2)8-9-17(23)24/h4-7,13H,3,8-12H2,1-2H3,(H,19,22)(H,23,24). The van der Waals surface area contributed by atoms with Crippen LogP contribution in [0.2, 0.25) is 0 Å². The quantitative estimate of drug-likeness (QED) is 0.725. The normalized spacial score (nSPS) is 12.2. The number of nitrogens with zero attached hydrogens (tertiary/aromatic N) is 2. The van der Waals surface area contributed by atoms with E-state index in [2.05, 4.69) is 5.32 Å². The lowest BCUT2D eigenvalue weighted by atomic mass is 10.2. The number of benzene rings is 1. The lowest BCUT2D eigenvalue weighted by molar-refractivity contribution is -0.137. The molecule has 1 aromatic heterocycles. The van der Waals surface area contributed by atoms with E-state index in [1.807, 2.05) is 31.2 Å². The fraction of sp³-hybridized carbons (Fsp3) is 0.500. The summed E-state index contributed by atoms with van der Waals surface area (Å²) in [5, 5.41) is 11.5. The Labute approximate surface area is 146 Å². The van der Waals surface area contributed by atoms with Crippen molar-refractivity contribution in [2.75, 3.05) is 0 Å². The van der Waals surface area contributed by atoms with Crippen molar-refractivity contribution < 1.29 is 14.7 Å². The summed E-state index contributed by atoms with van der Waals surface area (Å²) < 4.78 is 3.37. The van der Waals surface area contributed by atoms with E-state index in [1.54, 1.807) is 16.1 Å². The van der Waals surface area contributed by atoms with Gasteiger partial charge < -0.3 is 10.4 Å². The number of aliphatic carboxylic acids is 1. The van der Waals surface area contributed by atoms with Gasteiger partial charge in [0.25, 0.3) is 0 Å². The minimum Gasteiger partial charge on any atom is -0.481 e. The molecule has 0 spiro atoms. The highest BCUT2D eigenvalue weighted by Gasteiger charge is 2.14. The highest BCUT2D eigenvalue weighted by atomic mass is 16.4. The molecule has 1 heterocycles. The highest BCUT2D eigenvalue weighted by molar-refractivity contribution is 5.78. The number of carbonyl (C=O) groups excluding carboxylic acids is 1. The summed E-state index contributed by atoms with van der Waals surface area (Å²) in [4.78, 5) is 35.3. The minimum atomic E-state index is -0.878. The Morgan fingerprint density at radius 2 is 1.72 bits per heavy atom. The Balaban J connectivity index is 2.06. The number of carboxylic acids is 1. The summed E-state index contributed by atoms with van der Waals surface area (Å²) in [6.45, 7) is 4.74. The van der Waals surface area contributed by atoms with E-state index >= 15 is 0 Å². The van der Waals surface area contributed by atoms with Crippen LogP contribution in [0.4, 0.5) is 0 Å².